The standard InChI is InChI=1S/C31H41N3O5/c1-7-10-19-32-28(36)27(24-15-11-22(9-3)12-16-24)34(20-8-2)29(37)26(33-30(38)39-31(4,5)6)21-23-13-17-25(35)18-14-23/h3,11-18,26-27,35H,7-8,10,19-21H2,1-2,4-6H3,(H,32,36)(H,33,38). The van der Waals surface area contributed by atoms with Crippen molar-refractivity contribution in [3.63, 3.8) is 0 Å². The number of phenols is 1. The molecule has 2 unspecified atom stereocenters. The highest BCUT2D eigenvalue weighted by Gasteiger charge is 2.36. The van der Waals surface area contributed by atoms with E-state index < -0.39 is 29.7 Å². The van der Waals surface area contributed by atoms with E-state index in [1.165, 1.54) is 17.0 Å². The molecule has 8 nitrogen and oxygen atoms in total. The van der Waals surface area contributed by atoms with E-state index in [0.29, 0.717) is 24.1 Å². The molecule has 0 bridgehead atoms. The van der Waals surface area contributed by atoms with Gasteiger partial charge in [-0.25, -0.2) is 4.79 Å². The molecule has 3 N–H and O–H groups in total. The molecule has 0 heterocycles. The number of nitrogens with one attached hydrogen (secondary N) is 2. The fraction of sp³-hybridized carbons (Fsp3) is 0.452. The van der Waals surface area contributed by atoms with E-state index in [-0.39, 0.29) is 24.6 Å². The number of carbonyl (C=O) groups is 3. The van der Waals surface area contributed by atoms with Gasteiger partial charge in [-0.1, -0.05) is 50.5 Å². The lowest BCUT2D eigenvalue weighted by Gasteiger charge is -2.34. The second kappa shape index (κ2) is 14.8. The van der Waals surface area contributed by atoms with E-state index in [4.69, 9.17) is 11.2 Å². The Morgan fingerprint density at radius 1 is 1.03 bits per heavy atom. The highest BCUT2D eigenvalue weighted by atomic mass is 16.6. The van der Waals surface area contributed by atoms with E-state index in [0.717, 1.165) is 18.4 Å². The third-order valence-corrected chi connectivity index (χ3v) is 5.90. The molecular formula is C31H41N3O5. The molecule has 0 radical (unpaired) electrons. The lowest BCUT2D eigenvalue weighted by Crippen LogP contribution is -2.54. The lowest BCUT2D eigenvalue weighted by molar-refractivity contribution is -0.142. The first-order valence-electron chi connectivity index (χ1n) is 13.4. The molecule has 0 aliphatic heterocycles. The molecule has 3 amide bonds. The van der Waals surface area contributed by atoms with Crippen LogP contribution in [0.15, 0.2) is 48.5 Å². The van der Waals surface area contributed by atoms with Gasteiger partial charge in [-0.15, -0.1) is 6.42 Å². The van der Waals surface area contributed by atoms with Crippen molar-refractivity contribution in [2.45, 2.75) is 78.0 Å². The minimum atomic E-state index is -1.02. The number of alkyl carbamates (subject to hydrolysis) is 1. The van der Waals surface area contributed by atoms with Crippen LogP contribution in [0.25, 0.3) is 0 Å². The van der Waals surface area contributed by atoms with Gasteiger partial charge >= 0.3 is 6.09 Å². The predicted molar refractivity (Wildman–Crippen MR) is 152 cm³/mol. The highest BCUT2D eigenvalue weighted by molar-refractivity contribution is 5.92. The van der Waals surface area contributed by atoms with Gasteiger partial charge in [-0.3, -0.25) is 9.59 Å². The fourth-order valence-corrected chi connectivity index (χ4v) is 4.04. The van der Waals surface area contributed by atoms with Crippen LogP contribution in [0, 0.1) is 12.3 Å². The summed E-state index contributed by atoms with van der Waals surface area (Å²) in [6.07, 6.45) is 7.23. The minimum absolute atomic E-state index is 0.0913. The van der Waals surface area contributed by atoms with E-state index >= 15 is 0 Å². The summed E-state index contributed by atoms with van der Waals surface area (Å²) in [6, 6.07) is 11.4. The van der Waals surface area contributed by atoms with Gasteiger partial charge in [0.05, 0.1) is 0 Å². The number of aromatic hydroxyl groups is 1. The molecule has 0 aromatic heterocycles. The topological polar surface area (TPSA) is 108 Å². The van der Waals surface area contributed by atoms with Crippen molar-refractivity contribution >= 4 is 17.9 Å². The molecule has 39 heavy (non-hydrogen) atoms. The van der Waals surface area contributed by atoms with Gasteiger partial charge in [0.25, 0.3) is 0 Å². The number of ether oxygens (including phenoxy) is 1. The van der Waals surface area contributed by atoms with Gasteiger partial charge in [0.15, 0.2) is 0 Å². The summed E-state index contributed by atoms with van der Waals surface area (Å²) in [6.45, 7) is 9.93. The first kappa shape index (κ1) is 31.2. The molecule has 0 aliphatic carbocycles. The molecule has 0 fully saturated rings. The SMILES string of the molecule is C#Cc1ccc(C(C(=O)NCCCC)N(CCC)C(=O)C(Cc2ccc(O)cc2)NC(=O)OC(C)(C)C)cc1. The van der Waals surface area contributed by atoms with Gasteiger partial charge in [0.1, 0.15) is 23.4 Å². The minimum Gasteiger partial charge on any atom is -0.508 e. The maximum Gasteiger partial charge on any atom is 0.408 e. The predicted octanol–water partition coefficient (Wildman–Crippen LogP) is 4.71. The third-order valence-electron chi connectivity index (χ3n) is 5.90. The van der Waals surface area contributed by atoms with Gasteiger partial charge in [-0.2, -0.15) is 0 Å². The maximum absolute atomic E-state index is 14.2. The molecule has 8 heteroatoms. The van der Waals surface area contributed by atoms with Crippen LogP contribution in [0.3, 0.4) is 0 Å². The highest BCUT2D eigenvalue weighted by Crippen LogP contribution is 2.25. The molecule has 0 spiro atoms. The zero-order valence-corrected chi connectivity index (χ0v) is 23.6. The Balaban J connectivity index is 2.50. The van der Waals surface area contributed by atoms with Gasteiger partial charge in [0, 0.05) is 25.1 Å². The zero-order chi connectivity index (χ0) is 29.0. The van der Waals surface area contributed by atoms with Crippen LogP contribution in [-0.2, 0) is 20.7 Å². The molecular weight excluding hydrogens is 494 g/mol. The zero-order valence-electron chi connectivity index (χ0n) is 23.6. The smallest absolute Gasteiger partial charge is 0.408 e. The summed E-state index contributed by atoms with van der Waals surface area (Å²) in [5, 5.41) is 15.4. The number of benzene rings is 2. The van der Waals surface area contributed by atoms with E-state index in [1.54, 1.807) is 57.2 Å². The van der Waals surface area contributed by atoms with E-state index in [2.05, 4.69) is 16.6 Å². The maximum atomic E-state index is 14.2. The van der Waals surface area contributed by atoms with Crippen LogP contribution in [0.2, 0.25) is 0 Å². The number of amides is 3. The van der Waals surface area contributed by atoms with Crippen molar-refractivity contribution in [3.05, 3.63) is 65.2 Å². The number of nitrogens with zero attached hydrogens (tertiary/aromatic N) is 1. The van der Waals surface area contributed by atoms with Crippen LogP contribution >= 0.6 is 0 Å². The number of hydrogen-bond donors (Lipinski definition) is 3. The Morgan fingerprint density at radius 2 is 1.67 bits per heavy atom. The summed E-state index contributed by atoms with van der Waals surface area (Å²) in [4.78, 5) is 42.0. The normalized spacial score (nSPS) is 12.5. The van der Waals surface area contributed by atoms with Crippen molar-refractivity contribution in [2.24, 2.45) is 0 Å². The fourth-order valence-electron chi connectivity index (χ4n) is 4.04. The van der Waals surface area contributed by atoms with Crippen LogP contribution < -0.4 is 10.6 Å². The summed E-state index contributed by atoms with van der Waals surface area (Å²) in [5.41, 5.74) is 1.24. The number of carbonyl (C=O) groups excluding carboxylic acids is 3. The van der Waals surface area contributed by atoms with Crippen molar-refractivity contribution < 1.29 is 24.2 Å². The molecule has 2 aromatic rings. The number of hydrogen-bond acceptors (Lipinski definition) is 5. The molecule has 0 saturated heterocycles. The quantitative estimate of drug-likeness (QED) is 0.270. The Morgan fingerprint density at radius 3 is 2.21 bits per heavy atom. The molecule has 210 valence electrons. The van der Waals surface area contributed by atoms with Crippen LogP contribution in [0.4, 0.5) is 4.79 Å². The van der Waals surface area contributed by atoms with E-state index in [9.17, 15) is 19.5 Å². The summed E-state index contributed by atoms with van der Waals surface area (Å²) < 4.78 is 5.44. The molecule has 2 atom stereocenters. The van der Waals surface area contributed by atoms with Crippen LogP contribution in [-0.4, -0.2) is 52.6 Å². The third kappa shape index (κ3) is 10.0. The number of unbranched alkanes of at least 4 members (excludes halogenated alkanes) is 1. The molecule has 2 rings (SSSR count). The first-order valence-corrected chi connectivity index (χ1v) is 13.4. The number of phenolic OH excluding ortho intramolecular Hbond substituents is 1. The second-order valence-corrected chi connectivity index (χ2v) is 10.4. The van der Waals surface area contributed by atoms with Gasteiger partial charge in [-0.05, 0) is 69.0 Å². The summed E-state index contributed by atoms with van der Waals surface area (Å²) in [5.74, 6) is 1.93. The Kier molecular flexibility index (Phi) is 11.9. The van der Waals surface area contributed by atoms with Gasteiger partial charge in [0.2, 0.25) is 11.8 Å². The van der Waals surface area contributed by atoms with Crippen molar-refractivity contribution in [3.8, 4) is 18.1 Å². The van der Waals surface area contributed by atoms with Crippen molar-refractivity contribution in [1.29, 1.82) is 0 Å². The average molecular weight is 536 g/mol. The average Bonchev–Trinajstić information content (AvgIpc) is 2.88. The molecule has 2 aromatic carbocycles. The monoisotopic (exact) mass is 535 g/mol. The number of terminal acetylenes is 1. The van der Waals surface area contributed by atoms with Crippen LogP contribution in [0.1, 0.15) is 76.6 Å². The largest absolute Gasteiger partial charge is 0.508 e. The second-order valence-electron chi connectivity index (χ2n) is 10.4. The van der Waals surface area contributed by atoms with Gasteiger partial charge < -0.3 is 25.4 Å². The van der Waals surface area contributed by atoms with E-state index in [1.807, 2.05) is 13.8 Å². The first-order chi connectivity index (χ1) is 18.5. The van der Waals surface area contributed by atoms with Crippen LogP contribution in [0.5, 0.6) is 5.75 Å². The molecule has 0 saturated carbocycles. The Bertz CT molecular complexity index is 1130. The van der Waals surface area contributed by atoms with Crippen molar-refractivity contribution in [2.75, 3.05) is 13.1 Å². The molecule has 0 aliphatic rings. The van der Waals surface area contributed by atoms with Crippen molar-refractivity contribution in [1.82, 2.24) is 15.5 Å². The summed E-state index contributed by atoms with van der Waals surface area (Å²) in [7, 11) is 0. The number of rotatable bonds is 12. The summed E-state index contributed by atoms with van der Waals surface area (Å²) >= 11 is 0. The Hall–Kier alpha value is -3.99. The Labute approximate surface area is 232 Å². The lowest BCUT2D eigenvalue weighted by atomic mass is 9.99.